The Balaban J connectivity index is 0.00000161. The molecule has 0 saturated carbocycles. The van der Waals surface area contributed by atoms with E-state index < -0.39 is 20.8 Å². The van der Waals surface area contributed by atoms with Gasteiger partial charge in [-0.25, -0.2) is 0 Å². The monoisotopic (exact) mass is 344 g/mol. The molecule has 0 radical (unpaired) electrons. The summed E-state index contributed by atoms with van der Waals surface area (Å²) in [6.45, 7) is 0. The molecule has 1 aliphatic carbocycles. The van der Waals surface area contributed by atoms with Gasteiger partial charge in [0.1, 0.15) is 0 Å². The Labute approximate surface area is 131 Å². The molecule has 21 heavy (non-hydrogen) atoms. The summed E-state index contributed by atoms with van der Waals surface area (Å²) in [7, 11) is -4.42. The van der Waals surface area contributed by atoms with Crippen LogP contribution in [-0.4, -0.2) is 24.5 Å². The van der Waals surface area contributed by atoms with Gasteiger partial charge in [0.15, 0.2) is 11.6 Å². The van der Waals surface area contributed by atoms with E-state index in [1.54, 1.807) is 18.2 Å². The van der Waals surface area contributed by atoms with Crippen LogP contribution in [0.25, 0.3) is 0 Å². The van der Waals surface area contributed by atoms with Gasteiger partial charge in [0, 0.05) is 39.3 Å². The van der Waals surface area contributed by atoms with Crippen molar-refractivity contribution in [1.82, 2.24) is 0 Å². The summed E-state index contributed by atoms with van der Waals surface area (Å²) in [5.41, 5.74) is 0.659. The molecule has 0 bridgehead atoms. The Kier molecular flexibility index (Phi) is 3.86. The minimum Gasteiger partial charge on any atom is -0.289 e. The molecule has 3 rings (SSSR count). The van der Waals surface area contributed by atoms with Crippen molar-refractivity contribution >= 4 is 21.7 Å². The van der Waals surface area contributed by atoms with Gasteiger partial charge >= 0.3 is 0 Å². The molecular formula is C14H8FeO5S. The number of carbonyl (C=O) groups is 2. The number of ketones is 2. The molecule has 0 aliphatic heterocycles. The van der Waals surface area contributed by atoms with Crippen LogP contribution in [0.5, 0.6) is 0 Å². The first-order valence-corrected chi connectivity index (χ1v) is 7.13. The molecule has 2 aromatic rings. The summed E-state index contributed by atoms with van der Waals surface area (Å²) in [6.07, 6.45) is 0. The van der Waals surface area contributed by atoms with Crippen molar-refractivity contribution in [3.05, 3.63) is 64.7 Å². The zero-order valence-electron chi connectivity index (χ0n) is 10.4. The van der Waals surface area contributed by atoms with Crippen molar-refractivity contribution in [3.8, 4) is 0 Å². The summed E-state index contributed by atoms with van der Waals surface area (Å²) in [6, 6.07) is 9.72. The van der Waals surface area contributed by atoms with Gasteiger partial charge in [-0.3, -0.25) is 14.1 Å². The molecule has 0 atom stereocenters. The molecule has 0 spiro atoms. The first kappa shape index (κ1) is 15.6. The van der Waals surface area contributed by atoms with E-state index in [1.165, 1.54) is 12.1 Å². The molecule has 0 heterocycles. The van der Waals surface area contributed by atoms with E-state index in [0.717, 1.165) is 12.1 Å². The van der Waals surface area contributed by atoms with E-state index in [-0.39, 0.29) is 39.5 Å². The predicted molar refractivity (Wildman–Crippen MR) is 69.6 cm³/mol. The van der Waals surface area contributed by atoms with Gasteiger partial charge in [-0.2, -0.15) is 8.42 Å². The van der Waals surface area contributed by atoms with Crippen molar-refractivity contribution in [2.75, 3.05) is 0 Å². The maximum Gasteiger partial charge on any atom is 0.294 e. The molecule has 0 amide bonds. The van der Waals surface area contributed by atoms with E-state index >= 15 is 0 Å². The molecule has 5 nitrogen and oxygen atoms in total. The molecule has 0 fully saturated rings. The van der Waals surface area contributed by atoms with E-state index in [0.29, 0.717) is 5.56 Å². The average Bonchev–Trinajstić information content (AvgIpc) is 2.43. The van der Waals surface area contributed by atoms with Crippen molar-refractivity contribution in [2.24, 2.45) is 0 Å². The zero-order valence-corrected chi connectivity index (χ0v) is 12.3. The molecule has 0 aromatic heterocycles. The van der Waals surface area contributed by atoms with Gasteiger partial charge in [0.05, 0.1) is 4.90 Å². The Hall–Kier alpha value is -1.79. The smallest absolute Gasteiger partial charge is 0.289 e. The summed E-state index contributed by atoms with van der Waals surface area (Å²) >= 11 is 0. The van der Waals surface area contributed by atoms with Crippen molar-refractivity contribution < 1.29 is 39.6 Å². The van der Waals surface area contributed by atoms with Gasteiger partial charge in [-0.1, -0.05) is 24.3 Å². The average molecular weight is 344 g/mol. The molecule has 7 heteroatoms. The third kappa shape index (κ3) is 2.45. The van der Waals surface area contributed by atoms with Crippen LogP contribution in [-0.2, 0) is 27.2 Å². The summed E-state index contributed by atoms with van der Waals surface area (Å²) in [5.74, 6) is -0.766. The van der Waals surface area contributed by atoms with Gasteiger partial charge < -0.3 is 0 Å². The number of hydrogen-bond donors (Lipinski definition) is 1. The van der Waals surface area contributed by atoms with Gasteiger partial charge in [0.25, 0.3) is 10.1 Å². The Bertz CT molecular complexity index is 871. The van der Waals surface area contributed by atoms with Crippen molar-refractivity contribution in [3.63, 3.8) is 0 Å². The standard InChI is InChI=1S/C14H8O5S.Fe/c15-13-9-3-1-2-4-10(9)14(16)12-7-8(20(17,18)19)5-6-11(12)13;/h1-7H,(H,17,18,19);. The Morgan fingerprint density at radius 3 is 1.76 bits per heavy atom. The maximum atomic E-state index is 12.3. The van der Waals surface area contributed by atoms with E-state index in [4.69, 9.17) is 4.55 Å². The van der Waals surface area contributed by atoms with E-state index in [1.807, 2.05) is 0 Å². The van der Waals surface area contributed by atoms with Crippen molar-refractivity contribution in [2.45, 2.75) is 4.90 Å². The first-order chi connectivity index (χ1) is 9.39. The Morgan fingerprint density at radius 2 is 1.24 bits per heavy atom. The summed E-state index contributed by atoms with van der Waals surface area (Å²) < 4.78 is 31.2. The fraction of sp³-hybridized carbons (Fsp3) is 0. The third-order valence-electron chi connectivity index (χ3n) is 3.19. The van der Waals surface area contributed by atoms with Crippen LogP contribution in [0.4, 0.5) is 0 Å². The van der Waals surface area contributed by atoms with Crippen LogP contribution in [0.1, 0.15) is 31.8 Å². The second-order valence-corrected chi connectivity index (χ2v) is 5.81. The topological polar surface area (TPSA) is 88.5 Å². The molecule has 2 aromatic carbocycles. The second-order valence-electron chi connectivity index (χ2n) is 4.39. The van der Waals surface area contributed by atoms with Crippen molar-refractivity contribution in [1.29, 1.82) is 0 Å². The largest absolute Gasteiger partial charge is 0.294 e. The normalized spacial score (nSPS) is 13.2. The van der Waals surface area contributed by atoms with Crippen LogP contribution in [0.3, 0.4) is 0 Å². The minimum absolute atomic E-state index is 0. The van der Waals surface area contributed by atoms with Crippen LogP contribution in [0.15, 0.2) is 47.4 Å². The van der Waals surface area contributed by atoms with Gasteiger partial charge in [0.2, 0.25) is 0 Å². The van der Waals surface area contributed by atoms with Crippen LogP contribution < -0.4 is 0 Å². The number of rotatable bonds is 1. The number of benzene rings is 2. The van der Waals surface area contributed by atoms with E-state index in [9.17, 15) is 18.0 Å². The fourth-order valence-corrected chi connectivity index (χ4v) is 2.75. The molecule has 0 saturated heterocycles. The van der Waals surface area contributed by atoms with Crippen LogP contribution >= 0.6 is 0 Å². The molecule has 1 aliphatic rings. The van der Waals surface area contributed by atoms with E-state index in [2.05, 4.69) is 0 Å². The quantitative estimate of drug-likeness (QED) is 0.536. The fourth-order valence-electron chi connectivity index (χ4n) is 2.24. The Morgan fingerprint density at radius 1 is 0.762 bits per heavy atom. The molecule has 108 valence electrons. The molecular weight excluding hydrogens is 336 g/mol. The third-order valence-corrected chi connectivity index (χ3v) is 4.04. The second kappa shape index (κ2) is 5.20. The first-order valence-electron chi connectivity index (χ1n) is 5.69. The van der Waals surface area contributed by atoms with Crippen LogP contribution in [0, 0.1) is 0 Å². The molecule has 1 N–H and O–H groups in total. The number of hydrogen-bond acceptors (Lipinski definition) is 4. The predicted octanol–water partition coefficient (Wildman–Crippen LogP) is 1.71. The minimum atomic E-state index is -4.42. The number of carbonyl (C=O) groups excluding carboxylic acids is 2. The molecule has 0 unspecified atom stereocenters. The van der Waals surface area contributed by atoms with Crippen LogP contribution in [0.2, 0.25) is 0 Å². The number of fused-ring (bicyclic) bond motifs is 2. The van der Waals surface area contributed by atoms with Gasteiger partial charge in [-0.15, -0.1) is 0 Å². The maximum absolute atomic E-state index is 12.3. The summed E-state index contributed by atoms with van der Waals surface area (Å²) in [4.78, 5) is 24.1. The summed E-state index contributed by atoms with van der Waals surface area (Å²) in [5, 5.41) is 0. The zero-order chi connectivity index (χ0) is 14.5. The van der Waals surface area contributed by atoms with Gasteiger partial charge in [-0.05, 0) is 18.2 Å². The SMILES string of the molecule is O=C1c2ccccc2C(=O)c2cc(S(=O)(=O)O)ccc21.[Fe].